The number of aliphatic hydroxyl groups is 1. The van der Waals surface area contributed by atoms with Gasteiger partial charge in [0, 0.05) is 18.0 Å². The molecule has 0 aliphatic heterocycles. The molecular weight excluding hydrogens is 292 g/mol. The van der Waals surface area contributed by atoms with Crippen molar-refractivity contribution in [3.8, 4) is 11.3 Å². The molecule has 2 heterocycles. The topological polar surface area (TPSA) is 90.9 Å². The summed E-state index contributed by atoms with van der Waals surface area (Å²) < 4.78 is 0. The molecule has 23 heavy (non-hydrogen) atoms. The fourth-order valence-corrected chi connectivity index (χ4v) is 2.26. The van der Waals surface area contributed by atoms with Gasteiger partial charge in [-0.1, -0.05) is 30.3 Å². The van der Waals surface area contributed by atoms with Gasteiger partial charge in [0.2, 0.25) is 0 Å². The zero-order chi connectivity index (χ0) is 16.1. The predicted molar refractivity (Wildman–Crippen MR) is 85.6 cm³/mol. The monoisotopic (exact) mass is 308 g/mol. The molecule has 1 aromatic carbocycles. The minimum Gasteiger partial charge on any atom is -0.394 e. The van der Waals surface area contributed by atoms with Gasteiger partial charge in [-0.3, -0.25) is 14.9 Å². The molecule has 0 saturated heterocycles. The van der Waals surface area contributed by atoms with Crippen molar-refractivity contribution in [3.05, 3.63) is 72.2 Å². The molecule has 3 aromatic rings. The van der Waals surface area contributed by atoms with Crippen LogP contribution < -0.4 is 5.32 Å². The lowest BCUT2D eigenvalue weighted by molar-refractivity contribution is 0.0911. The van der Waals surface area contributed by atoms with Crippen molar-refractivity contribution in [2.24, 2.45) is 0 Å². The van der Waals surface area contributed by atoms with Crippen LogP contribution >= 0.6 is 0 Å². The summed E-state index contributed by atoms with van der Waals surface area (Å²) in [6, 6.07) is 14.2. The highest BCUT2D eigenvalue weighted by Crippen LogP contribution is 2.17. The second-order valence-corrected chi connectivity index (χ2v) is 5.03. The zero-order valence-corrected chi connectivity index (χ0v) is 12.3. The van der Waals surface area contributed by atoms with Crippen LogP contribution in [0.3, 0.4) is 0 Å². The SMILES string of the molecule is O=C(NC(CO)c1ccccc1)c1cc(-c2cccnc2)n[nH]1. The molecule has 1 amide bonds. The Morgan fingerprint density at radius 1 is 1.22 bits per heavy atom. The minimum atomic E-state index is -0.464. The molecule has 0 aliphatic rings. The fourth-order valence-electron chi connectivity index (χ4n) is 2.26. The molecule has 3 N–H and O–H groups in total. The molecule has 1 unspecified atom stereocenters. The Labute approximate surface area is 133 Å². The van der Waals surface area contributed by atoms with Crippen LogP contribution in [0, 0.1) is 0 Å². The number of amides is 1. The van der Waals surface area contributed by atoms with E-state index in [9.17, 15) is 9.90 Å². The van der Waals surface area contributed by atoms with Gasteiger partial charge in [0.05, 0.1) is 18.3 Å². The van der Waals surface area contributed by atoms with Crippen LogP contribution in [0.15, 0.2) is 60.9 Å². The Hall–Kier alpha value is -2.99. The number of hydrogen-bond donors (Lipinski definition) is 3. The van der Waals surface area contributed by atoms with Gasteiger partial charge < -0.3 is 10.4 Å². The highest BCUT2D eigenvalue weighted by atomic mass is 16.3. The Kier molecular flexibility index (Phi) is 4.44. The summed E-state index contributed by atoms with van der Waals surface area (Å²) in [6.45, 7) is -0.181. The van der Waals surface area contributed by atoms with Crippen molar-refractivity contribution >= 4 is 5.91 Å². The molecule has 6 nitrogen and oxygen atoms in total. The maximum Gasteiger partial charge on any atom is 0.269 e. The number of H-pyrrole nitrogens is 1. The lowest BCUT2D eigenvalue weighted by Crippen LogP contribution is -2.31. The van der Waals surface area contributed by atoms with E-state index < -0.39 is 6.04 Å². The number of benzene rings is 1. The molecule has 116 valence electrons. The van der Waals surface area contributed by atoms with Crippen molar-refractivity contribution in [1.29, 1.82) is 0 Å². The number of carbonyl (C=O) groups excluding carboxylic acids is 1. The lowest BCUT2D eigenvalue weighted by Gasteiger charge is -2.15. The number of carbonyl (C=O) groups is 1. The average molecular weight is 308 g/mol. The first kappa shape index (κ1) is 14.9. The highest BCUT2D eigenvalue weighted by Gasteiger charge is 2.17. The third-order valence-corrected chi connectivity index (χ3v) is 3.47. The first-order valence-electron chi connectivity index (χ1n) is 7.20. The third kappa shape index (κ3) is 3.44. The molecule has 0 aliphatic carbocycles. The van der Waals surface area contributed by atoms with Crippen molar-refractivity contribution in [2.75, 3.05) is 6.61 Å². The van der Waals surface area contributed by atoms with Crippen molar-refractivity contribution < 1.29 is 9.90 Å². The third-order valence-electron chi connectivity index (χ3n) is 3.47. The summed E-state index contributed by atoms with van der Waals surface area (Å²) in [6.07, 6.45) is 3.35. The van der Waals surface area contributed by atoms with Crippen molar-refractivity contribution in [2.45, 2.75) is 6.04 Å². The molecule has 6 heteroatoms. The van der Waals surface area contributed by atoms with Gasteiger partial charge in [-0.05, 0) is 23.8 Å². The van der Waals surface area contributed by atoms with Gasteiger partial charge >= 0.3 is 0 Å². The maximum absolute atomic E-state index is 12.3. The number of rotatable bonds is 5. The minimum absolute atomic E-state index is 0.181. The number of hydrogen-bond acceptors (Lipinski definition) is 4. The number of pyridine rings is 1. The lowest BCUT2D eigenvalue weighted by atomic mass is 10.1. The van der Waals surface area contributed by atoms with Gasteiger partial charge in [-0.25, -0.2) is 0 Å². The van der Waals surface area contributed by atoms with Crippen LogP contribution in [0.4, 0.5) is 0 Å². The van der Waals surface area contributed by atoms with Crippen LogP contribution in [0.25, 0.3) is 11.3 Å². The molecule has 0 saturated carbocycles. The van der Waals surface area contributed by atoms with E-state index in [1.807, 2.05) is 36.4 Å². The summed E-state index contributed by atoms with van der Waals surface area (Å²) >= 11 is 0. The van der Waals surface area contributed by atoms with E-state index in [1.165, 1.54) is 0 Å². The Balaban J connectivity index is 1.75. The van der Waals surface area contributed by atoms with E-state index >= 15 is 0 Å². The van der Waals surface area contributed by atoms with E-state index in [1.54, 1.807) is 24.5 Å². The fraction of sp³-hybridized carbons (Fsp3) is 0.118. The van der Waals surface area contributed by atoms with Gasteiger partial charge in [0.1, 0.15) is 5.69 Å². The molecule has 0 bridgehead atoms. The van der Waals surface area contributed by atoms with E-state index in [0.29, 0.717) is 11.4 Å². The Bertz CT molecular complexity index is 772. The number of aliphatic hydroxyl groups excluding tert-OH is 1. The largest absolute Gasteiger partial charge is 0.394 e. The van der Waals surface area contributed by atoms with Crippen LogP contribution in [0.2, 0.25) is 0 Å². The van der Waals surface area contributed by atoms with E-state index in [2.05, 4.69) is 20.5 Å². The number of nitrogens with zero attached hydrogens (tertiary/aromatic N) is 2. The first-order chi connectivity index (χ1) is 11.3. The van der Waals surface area contributed by atoms with Gasteiger partial charge in [-0.15, -0.1) is 0 Å². The van der Waals surface area contributed by atoms with Crippen LogP contribution in [-0.4, -0.2) is 32.8 Å². The van der Waals surface area contributed by atoms with Gasteiger partial charge in [0.15, 0.2) is 0 Å². The van der Waals surface area contributed by atoms with Crippen molar-refractivity contribution in [3.63, 3.8) is 0 Å². The summed E-state index contributed by atoms with van der Waals surface area (Å²) in [5.41, 5.74) is 2.64. The molecule has 0 radical (unpaired) electrons. The van der Waals surface area contributed by atoms with Gasteiger partial charge in [0.25, 0.3) is 5.91 Å². The van der Waals surface area contributed by atoms with Crippen LogP contribution in [0.1, 0.15) is 22.1 Å². The molecular formula is C17H16N4O2. The summed E-state index contributed by atoms with van der Waals surface area (Å²) in [5.74, 6) is -0.324. The summed E-state index contributed by atoms with van der Waals surface area (Å²) in [4.78, 5) is 16.4. The van der Waals surface area contributed by atoms with E-state index in [4.69, 9.17) is 0 Å². The second-order valence-electron chi connectivity index (χ2n) is 5.03. The smallest absolute Gasteiger partial charge is 0.269 e. The second kappa shape index (κ2) is 6.85. The number of aromatic amines is 1. The standard InChI is InChI=1S/C17H16N4O2/c22-11-16(12-5-2-1-3-6-12)19-17(23)15-9-14(20-21-15)13-7-4-8-18-10-13/h1-10,16,22H,11H2,(H,19,23)(H,20,21). The maximum atomic E-state index is 12.3. The molecule has 0 spiro atoms. The van der Waals surface area contributed by atoms with Crippen LogP contribution in [-0.2, 0) is 0 Å². The van der Waals surface area contributed by atoms with Crippen LogP contribution in [0.5, 0.6) is 0 Å². The summed E-state index contributed by atoms with van der Waals surface area (Å²) in [7, 11) is 0. The predicted octanol–water partition coefficient (Wildman–Crippen LogP) is 1.94. The average Bonchev–Trinajstić information content (AvgIpc) is 3.11. The quantitative estimate of drug-likeness (QED) is 0.672. The molecule has 3 rings (SSSR count). The number of aromatic nitrogens is 3. The van der Waals surface area contributed by atoms with E-state index in [0.717, 1.165) is 11.1 Å². The highest BCUT2D eigenvalue weighted by molar-refractivity contribution is 5.93. The Morgan fingerprint density at radius 2 is 2.04 bits per heavy atom. The van der Waals surface area contributed by atoms with E-state index in [-0.39, 0.29) is 12.5 Å². The first-order valence-corrected chi connectivity index (χ1v) is 7.20. The Morgan fingerprint density at radius 3 is 2.74 bits per heavy atom. The van der Waals surface area contributed by atoms with Crippen molar-refractivity contribution in [1.82, 2.24) is 20.5 Å². The number of nitrogens with one attached hydrogen (secondary N) is 2. The molecule has 2 aromatic heterocycles. The normalized spacial score (nSPS) is 11.9. The molecule has 1 atom stereocenters. The summed E-state index contributed by atoms with van der Waals surface area (Å²) in [5, 5.41) is 19.1. The molecule has 0 fully saturated rings. The zero-order valence-electron chi connectivity index (χ0n) is 12.3. The van der Waals surface area contributed by atoms with Gasteiger partial charge in [-0.2, -0.15) is 5.10 Å².